The Kier molecular flexibility index (Phi) is 6.01. The number of hydrogen-bond donors (Lipinski definition) is 0. The molecule has 0 aliphatic heterocycles. The Morgan fingerprint density at radius 1 is 0.417 bits per heavy atom. The van der Waals surface area contributed by atoms with Crippen LogP contribution in [-0.4, -0.2) is 4.98 Å². The van der Waals surface area contributed by atoms with Crippen LogP contribution in [0, 0.1) is 0 Å². The molecule has 226 valence electrons. The number of fused-ring (bicyclic) bond motifs is 7. The summed E-state index contributed by atoms with van der Waals surface area (Å²) < 4.78 is 15.0. The molecule has 5 heteroatoms. The van der Waals surface area contributed by atoms with E-state index in [1.165, 1.54) is 25.7 Å². The van der Waals surface area contributed by atoms with Crippen molar-refractivity contribution in [2.45, 2.75) is 0 Å². The molecule has 48 heavy (non-hydrogen) atoms. The molecule has 0 aliphatic rings. The number of anilines is 3. The third-order valence-electron chi connectivity index (χ3n) is 9.08. The van der Waals surface area contributed by atoms with E-state index in [4.69, 9.17) is 13.8 Å². The highest BCUT2D eigenvalue weighted by Gasteiger charge is 2.19. The second kappa shape index (κ2) is 10.7. The van der Waals surface area contributed by atoms with Crippen LogP contribution in [0.2, 0.25) is 0 Å². The maximum absolute atomic E-state index is 6.35. The minimum atomic E-state index is 0.643. The molecule has 10 rings (SSSR count). The molecular weight excluding hydrogens is 609 g/mol. The fourth-order valence-corrected chi connectivity index (χ4v) is 7.94. The fraction of sp³-hybridized carbons (Fsp3) is 0. The van der Waals surface area contributed by atoms with Gasteiger partial charge in [0.05, 0.1) is 0 Å². The van der Waals surface area contributed by atoms with Crippen LogP contribution < -0.4 is 4.90 Å². The van der Waals surface area contributed by atoms with Gasteiger partial charge in [-0.15, -0.1) is 11.3 Å². The van der Waals surface area contributed by atoms with Crippen molar-refractivity contribution in [2.75, 3.05) is 4.90 Å². The van der Waals surface area contributed by atoms with Gasteiger partial charge in [0, 0.05) is 59.6 Å². The predicted molar refractivity (Wildman–Crippen MR) is 200 cm³/mol. The number of furan rings is 1. The van der Waals surface area contributed by atoms with Crippen molar-refractivity contribution in [1.29, 1.82) is 0 Å². The van der Waals surface area contributed by atoms with Crippen molar-refractivity contribution in [3.8, 4) is 22.6 Å². The minimum absolute atomic E-state index is 0.643. The number of rotatable bonds is 5. The highest BCUT2D eigenvalue weighted by atomic mass is 32.1. The minimum Gasteiger partial charge on any atom is -0.456 e. The summed E-state index contributed by atoms with van der Waals surface area (Å²) in [5, 5.41) is 4.61. The average Bonchev–Trinajstić information content (AvgIpc) is 3.84. The molecule has 4 nitrogen and oxygen atoms in total. The quantitative estimate of drug-likeness (QED) is 0.189. The summed E-state index contributed by atoms with van der Waals surface area (Å²) in [4.78, 5) is 7.15. The lowest BCUT2D eigenvalue weighted by molar-refractivity contribution is 0.620. The maximum Gasteiger partial charge on any atom is 0.227 e. The number of benzene rings is 7. The average molecular weight is 635 g/mol. The van der Waals surface area contributed by atoms with E-state index in [0.29, 0.717) is 5.89 Å². The Labute approximate surface area is 279 Å². The summed E-state index contributed by atoms with van der Waals surface area (Å²) in [7, 11) is 0. The highest BCUT2D eigenvalue weighted by molar-refractivity contribution is 7.25. The fourth-order valence-electron chi connectivity index (χ4n) is 6.79. The van der Waals surface area contributed by atoms with E-state index in [1.807, 2.05) is 42.5 Å². The Bertz CT molecular complexity index is 2790. The highest BCUT2D eigenvalue weighted by Crippen LogP contribution is 2.43. The maximum atomic E-state index is 6.35. The van der Waals surface area contributed by atoms with E-state index in [2.05, 4.69) is 120 Å². The first-order chi connectivity index (χ1) is 23.7. The monoisotopic (exact) mass is 634 g/mol. The standard InChI is InChI=1S/C43H26N2O2S/c1-3-10-27(11-4-1)29-14-9-15-30(22-29)45(31-18-20-34-33-16-7-8-17-38(33)46-39(34)23-31)32-19-21-35-36-25-40-37(26-42(36)48-41(35)24-32)44-43(47-40)28-12-5-2-6-13-28/h1-26H. The molecular formula is C43H26N2O2S. The van der Waals surface area contributed by atoms with Crippen molar-refractivity contribution >= 4 is 81.6 Å². The van der Waals surface area contributed by atoms with E-state index in [1.54, 1.807) is 11.3 Å². The number of thiophene rings is 1. The van der Waals surface area contributed by atoms with Crippen molar-refractivity contribution in [2.24, 2.45) is 0 Å². The third kappa shape index (κ3) is 4.40. The molecule has 0 fully saturated rings. The van der Waals surface area contributed by atoms with E-state index in [0.717, 1.165) is 61.2 Å². The van der Waals surface area contributed by atoms with Gasteiger partial charge >= 0.3 is 0 Å². The molecule has 0 saturated heterocycles. The van der Waals surface area contributed by atoms with Crippen LogP contribution in [0.5, 0.6) is 0 Å². The van der Waals surface area contributed by atoms with Crippen molar-refractivity contribution in [3.63, 3.8) is 0 Å². The second-order valence-corrected chi connectivity index (χ2v) is 13.1. The third-order valence-corrected chi connectivity index (χ3v) is 10.2. The first kappa shape index (κ1) is 27.0. The molecule has 0 spiro atoms. The Hall–Kier alpha value is -6.17. The summed E-state index contributed by atoms with van der Waals surface area (Å²) >= 11 is 1.78. The number of oxazole rings is 1. The van der Waals surface area contributed by atoms with Gasteiger partial charge in [-0.2, -0.15) is 0 Å². The van der Waals surface area contributed by atoms with Gasteiger partial charge in [-0.05, 0) is 77.9 Å². The first-order valence-corrected chi connectivity index (χ1v) is 16.8. The van der Waals surface area contributed by atoms with Crippen molar-refractivity contribution < 1.29 is 8.83 Å². The molecule has 0 N–H and O–H groups in total. The molecule has 0 bridgehead atoms. The molecule has 0 radical (unpaired) electrons. The van der Waals surface area contributed by atoms with Crippen LogP contribution >= 0.6 is 11.3 Å². The summed E-state index contributed by atoms with van der Waals surface area (Å²) in [5.74, 6) is 0.643. The second-order valence-electron chi connectivity index (χ2n) is 12.0. The normalized spacial score (nSPS) is 11.8. The van der Waals surface area contributed by atoms with Gasteiger partial charge in [0.15, 0.2) is 5.58 Å². The summed E-state index contributed by atoms with van der Waals surface area (Å²) in [6.45, 7) is 0. The molecule has 3 heterocycles. The van der Waals surface area contributed by atoms with Crippen LogP contribution in [0.3, 0.4) is 0 Å². The zero-order valence-corrected chi connectivity index (χ0v) is 26.4. The van der Waals surface area contributed by atoms with Gasteiger partial charge in [-0.1, -0.05) is 84.9 Å². The van der Waals surface area contributed by atoms with Gasteiger partial charge in [0.1, 0.15) is 16.7 Å². The van der Waals surface area contributed by atoms with Crippen LogP contribution in [0.1, 0.15) is 0 Å². The van der Waals surface area contributed by atoms with E-state index in [9.17, 15) is 0 Å². The molecule has 0 saturated carbocycles. The Morgan fingerprint density at radius 2 is 1.08 bits per heavy atom. The Balaban J connectivity index is 1.13. The van der Waals surface area contributed by atoms with Gasteiger partial charge < -0.3 is 13.7 Å². The predicted octanol–water partition coefficient (Wildman–Crippen LogP) is 12.9. The van der Waals surface area contributed by atoms with Gasteiger partial charge in [-0.3, -0.25) is 0 Å². The molecule has 0 atom stereocenters. The van der Waals surface area contributed by atoms with Gasteiger partial charge in [0.25, 0.3) is 0 Å². The molecule has 0 aliphatic carbocycles. The number of para-hydroxylation sites is 1. The first-order valence-electron chi connectivity index (χ1n) is 15.9. The van der Waals surface area contributed by atoms with Gasteiger partial charge in [-0.25, -0.2) is 4.98 Å². The molecule has 0 unspecified atom stereocenters. The zero-order valence-electron chi connectivity index (χ0n) is 25.6. The van der Waals surface area contributed by atoms with E-state index >= 15 is 0 Å². The zero-order chi connectivity index (χ0) is 31.6. The van der Waals surface area contributed by atoms with Crippen LogP contribution in [0.4, 0.5) is 17.1 Å². The molecule has 3 aromatic heterocycles. The summed E-state index contributed by atoms with van der Waals surface area (Å²) in [6.07, 6.45) is 0. The largest absolute Gasteiger partial charge is 0.456 e. The summed E-state index contributed by atoms with van der Waals surface area (Å²) in [5.41, 5.74) is 9.92. The smallest absolute Gasteiger partial charge is 0.227 e. The summed E-state index contributed by atoms with van der Waals surface area (Å²) in [6, 6.07) is 55.1. The van der Waals surface area contributed by atoms with E-state index < -0.39 is 0 Å². The van der Waals surface area contributed by atoms with E-state index in [-0.39, 0.29) is 0 Å². The molecule has 0 amide bonds. The SMILES string of the molecule is c1ccc(-c2cccc(N(c3ccc4c(c3)oc3ccccc34)c3ccc4c(c3)sc3cc5nc(-c6ccccc6)oc5cc34)c2)cc1. The molecule has 10 aromatic rings. The number of nitrogens with zero attached hydrogens (tertiary/aromatic N) is 2. The van der Waals surface area contributed by atoms with Crippen molar-refractivity contribution in [1.82, 2.24) is 4.98 Å². The van der Waals surface area contributed by atoms with Crippen LogP contribution in [-0.2, 0) is 0 Å². The van der Waals surface area contributed by atoms with Gasteiger partial charge in [0.2, 0.25) is 5.89 Å². The lowest BCUT2D eigenvalue weighted by Gasteiger charge is -2.26. The topological polar surface area (TPSA) is 42.4 Å². The lowest BCUT2D eigenvalue weighted by Crippen LogP contribution is -2.09. The number of aromatic nitrogens is 1. The van der Waals surface area contributed by atoms with Crippen LogP contribution in [0.15, 0.2) is 167 Å². The number of hydrogen-bond acceptors (Lipinski definition) is 5. The van der Waals surface area contributed by atoms with Crippen molar-refractivity contribution in [3.05, 3.63) is 158 Å². The van der Waals surface area contributed by atoms with Crippen LogP contribution in [0.25, 0.3) is 75.8 Å². The molecule has 7 aromatic carbocycles. The Morgan fingerprint density at radius 3 is 1.94 bits per heavy atom. The lowest BCUT2D eigenvalue weighted by atomic mass is 10.0.